The zero-order valence-electron chi connectivity index (χ0n) is 15.0. The number of para-hydroxylation sites is 1. The van der Waals surface area contributed by atoms with Crippen molar-refractivity contribution in [3.8, 4) is 28.5 Å². The van der Waals surface area contributed by atoms with Crippen LogP contribution in [0.1, 0.15) is 0 Å². The van der Waals surface area contributed by atoms with Gasteiger partial charge in [0.05, 0.1) is 30.0 Å². The van der Waals surface area contributed by atoms with Crippen molar-refractivity contribution in [2.24, 2.45) is 0 Å². The lowest BCUT2D eigenvalue weighted by Crippen LogP contribution is -2.01. The van der Waals surface area contributed by atoms with Crippen molar-refractivity contribution >= 4 is 28.0 Å². The molecule has 0 aliphatic rings. The fourth-order valence-electron chi connectivity index (χ4n) is 3.29. The molecule has 0 spiro atoms. The summed E-state index contributed by atoms with van der Waals surface area (Å²) in [7, 11) is 1.64. The topological polar surface area (TPSA) is 52.3 Å². The minimum atomic E-state index is 0.552. The number of hydrogen-bond donors (Lipinski definition) is 0. The van der Waals surface area contributed by atoms with E-state index in [9.17, 15) is 0 Å². The maximum Gasteiger partial charge on any atom is 0.198 e. The first kappa shape index (κ1) is 16.7. The largest absolute Gasteiger partial charge is 0.496 e. The third kappa shape index (κ3) is 2.77. The van der Waals surface area contributed by atoms with Crippen LogP contribution in [0.4, 0.5) is 0 Å². The van der Waals surface area contributed by atoms with Crippen LogP contribution in [0.5, 0.6) is 5.75 Å². The van der Waals surface area contributed by atoms with Crippen molar-refractivity contribution in [1.29, 1.82) is 0 Å². The van der Waals surface area contributed by atoms with E-state index in [2.05, 4.69) is 4.98 Å². The first-order chi connectivity index (χ1) is 13.7. The summed E-state index contributed by atoms with van der Waals surface area (Å²) in [6.07, 6.45) is 1.79. The number of benzene rings is 2. The Hall–Kier alpha value is -3.44. The number of ether oxygens (including phenoxy) is 1. The second-order valence-electron chi connectivity index (χ2n) is 6.37. The predicted molar refractivity (Wildman–Crippen MR) is 111 cm³/mol. The summed E-state index contributed by atoms with van der Waals surface area (Å²) >= 11 is 6.22. The van der Waals surface area contributed by atoms with Crippen molar-refractivity contribution < 1.29 is 4.74 Å². The molecule has 0 unspecified atom stereocenters. The molecule has 0 fully saturated rings. The van der Waals surface area contributed by atoms with Gasteiger partial charge in [-0.1, -0.05) is 35.9 Å². The van der Waals surface area contributed by atoms with Crippen LogP contribution < -0.4 is 4.74 Å². The molecule has 0 N–H and O–H groups in total. The molecule has 3 aromatic heterocycles. The summed E-state index contributed by atoms with van der Waals surface area (Å²) in [5, 5.41) is 6.45. The van der Waals surface area contributed by atoms with Gasteiger partial charge in [-0.15, -0.1) is 5.10 Å². The van der Waals surface area contributed by atoms with E-state index in [0.29, 0.717) is 10.8 Å². The van der Waals surface area contributed by atoms with E-state index < -0.39 is 0 Å². The minimum Gasteiger partial charge on any atom is -0.496 e. The van der Waals surface area contributed by atoms with E-state index >= 15 is 0 Å². The average Bonchev–Trinajstić information content (AvgIpc) is 3.16. The highest BCUT2D eigenvalue weighted by Gasteiger charge is 2.14. The van der Waals surface area contributed by atoms with Gasteiger partial charge < -0.3 is 4.74 Å². The van der Waals surface area contributed by atoms with Gasteiger partial charge in [-0.05, 0) is 42.5 Å². The van der Waals surface area contributed by atoms with E-state index in [1.54, 1.807) is 19.4 Å². The Balaban J connectivity index is 1.69. The number of aromatic nitrogens is 4. The molecule has 0 bridgehead atoms. The lowest BCUT2D eigenvalue weighted by molar-refractivity contribution is 0.416. The van der Waals surface area contributed by atoms with Crippen LogP contribution in [0, 0.1) is 0 Å². The van der Waals surface area contributed by atoms with Gasteiger partial charge in [-0.3, -0.25) is 0 Å². The predicted octanol–water partition coefficient (Wildman–Crippen LogP) is 5.27. The fraction of sp³-hybridized carbons (Fsp3) is 0.0455. The van der Waals surface area contributed by atoms with E-state index in [-0.39, 0.29) is 0 Å². The summed E-state index contributed by atoms with van der Waals surface area (Å²) < 4.78 is 7.35. The van der Waals surface area contributed by atoms with Gasteiger partial charge in [0.2, 0.25) is 0 Å². The maximum atomic E-state index is 6.22. The standard InChI is InChI=1S/C22H15ClN4O/c1-28-21-11-7-15(23)12-17(21)20-10-8-16-13-24-22(26-27(16)20)19-9-6-14-4-2-3-5-18(14)25-19/h2-13H,1H3. The first-order valence-electron chi connectivity index (χ1n) is 8.78. The van der Waals surface area contributed by atoms with Gasteiger partial charge in [0.1, 0.15) is 11.4 Å². The van der Waals surface area contributed by atoms with Crippen molar-refractivity contribution in [2.75, 3.05) is 7.11 Å². The lowest BCUT2D eigenvalue weighted by atomic mass is 10.1. The monoisotopic (exact) mass is 386 g/mol. The molecule has 6 heteroatoms. The Morgan fingerprint density at radius 1 is 0.964 bits per heavy atom. The Labute approximate surface area is 166 Å². The van der Waals surface area contributed by atoms with Crippen molar-refractivity contribution in [2.45, 2.75) is 0 Å². The SMILES string of the molecule is COc1ccc(Cl)cc1-c1ccc2cnc(-c3ccc4ccccc4n3)nn12. The molecule has 0 saturated heterocycles. The van der Waals surface area contributed by atoms with Crippen LogP contribution in [0.2, 0.25) is 5.02 Å². The van der Waals surface area contributed by atoms with Gasteiger partial charge in [0.15, 0.2) is 5.82 Å². The maximum absolute atomic E-state index is 6.22. The molecule has 0 amide bonds. The molecule has 136 valence electrons. The zero-order valence-corrected chi connectivity index (χ0v) is 15.8. The highest BCUT2D eigenvalue weighted by Crippen LogP contribution is 2.33. The van der Waals surface area contributed by atoms with Gasteiger partial charge in [0, 0.05) is 16.0 Å². The first-order valence-corrected chi connectivity index (χ1v) is 9.15. The molecule has 0 aliphatic carbocycles. The molecule has 5 aromatic rings. The average molecular weight is 387 g/mol. The van der Waals surface area contributed by atoms with E-state index in [1.165, 1.54) is 0 Å². The second-order valence-corrected chi connectivity index (χ2v) is 6.81. The molecule has 28 heavy (non-hydrogen) atoms. The molecule has 5 nitrogen and oxygen atoms in total. The summed E-state index contributed by atoms with van der Waals surface area (Å²) in [5.41, 5.74) is 4.25. The van der Waals surface area contributed by atoms with Crippen LogP contribution in [0.3, 0.4) is 0 Å². The Morgan fingerprint density at radius 2 is 1.86 bits per heavy atom. The van der Waals surface area contributed by atoms with Crippen LogP contribution >= 0.6 is 11.6 Å². The van der Waals surface area contributed by atoms with Gasteiger partial charge >= 0.3 is 0 Å². The molecule has 5 rings (SSSR count). The number of halogens is 1. The quantitative estimate of drug-likeness (QED) is 0.423. The van der Waals surface area contributed by atoms with Crippen molar-refractivity contribution in [3.05, 3.63) is 77.9 Å². The molecule has 2 aromatic carbocycles. The normalized spacial score (nSPS) is 11.2. The van der Waals surface area contributed by atoms with Gasteiger partial charge in [0.25, 0.3) is 0 Å². The number of pyridine rings is 1. The third-order valence-corrected chi connectivity index (χ3v) is 4.90. The van der Waals surface area contributed by atoms with Crippen LogP contribution in [0.15, 0.2) is 72.9 Å². The number of fused-ring (bicyclic) bond motifs is 2. The highest BCUT2D eigenvalue weighted by molar-refractivity contribution is 6.31. The number of nitrogens with zero attached hydrogens (tertiary/aromatic N) is 4. The zero-order chi connectivity index (χ0) is 19.1. The number of methoxy groups -OCH3 is 1. The summed E-state index contributed by atoms with van der Waals surface area (Å²) in [4.78, 5) is 9.20. The smallest absolute Gasteiger partial charge is 0.198 e. The van der Waals surface area contributed by atoms with Crippen LogP contribution in [0.25, 0.3) is 39.2 Å². The van der Waals surface area contributed by atoms with E-state index in [1.807, 2.05) is 65.2 Å². The Morgan fingerprint density at radius 3 is 2.75 bits per heavy atom. The summed E-state index contributed by atoms with van der Waals surface area (Å²) in [6, 6.07) is 21.4. The van der Waals surface area contributed by atoms with Crippen molar-refractivity contribution in [3.63, 3.8) is 0 Å². The minimum absolute atomic E-state index is 0.552. The van der Waals surface area contributed by atoms with Crippen molar-refractivity contribution in [1.82, 2.24) is 19.6 Å². The molecular weight excluding hydrogens is 372 g/mol. The fourth-order valence-corrected chi connectivity index (χ4v) is 3.47. The third-order valence-electron chi connectivity index (χ3n) is 4.66. The highest BCUT2D eigenvalue weighted by atomic mass is 35.5. The Kier molecular flexibility index (Phi) is 3.95. The number of rotatable bonds is 3. The van der Waals surface area contributed by atoms with Crippen LogP contribution in [-0.2, 0) is 0 Å². The molecule has 0 saturated carbocycles. The number of hydrogen-bond acceptors (Lipinski definition) is 4. The lowest BCUT2D eigenvalue weighted by Gasteiger charge is -2.09. The van der Waals surface area contributed by atoms with Gasteiger partial charge in [-0.2, -0.15) is 0 Å². The molecule has 0 aliphatic heterocycles. The van der Waals surface area contributed by atoms with E-state index in [0.717, 1.165) is 39.1 Å². The summed E-state index contributed by atoms with van der Waals surface area (Å²) in [6.45, 7) is 0. The molecule has 3 heterocycles. The molecule has 0 atom stereocenters. The van der Waals surface area contributed by atoms with Gasteiger partial charge in [-0.25, -0.2) is 14.5 Å². The molecule has 0 radical (unpaired) electrons. The second kappa shape index (κ2) is 6.62. The van der Waals surface area contributed by atoms with E-state index in [4.69, 9.17) is 26.4 Å². The summed E-state index contributed by atoms with van der Waals surface area (Å²) in [5.74, 6) is 1.28. The Bertz CT molecular complexity index is 1330. The van der Waals surface area contributed by atoms with Crippen LogP contribution in [-0.4, -0.2) is 26.7 Å². The molecular formula is C22H15ClN4O.